The van der Waals surface area contributed by atoms with Gasteiger partial charge in [-0.25, -0.2) is 4.98 Å². The normalized spacial score (nSPS) is 10.5. The first-order valence-corrected chi connectivity index (χ1v) is 5.64. The molecule has 0 N–H and O–H groups in total. The van der Waals surface area contributed by atoms with E-state index in [-0.39, 0.29) is 0 Å². The van der Waals surface area contributed by atoms with Gasteiger partial charge in [0, 0.05) is 11.1 Å². The maximum Gasteiger partial charge on any atom is 0.159 e. The topological polar surface area (TPSA) is 31.4 Å². The van der Waals surface area contributed by atoms with Crippen molar-refractivity contribution in [3.63, 3.8) is 0 Å². The van der Waals surface area contributed by atoms with E-state index in [1.165, 1.54) is 0 Å². The highest BCUT2D eigenvalue weighted by atomic mass is 79.9. The molecule has 0 amide bonds. The molecule has 84 valence electrons. The number of fused-ring (bicyclic) bond motifs is 1. The molecular weight excluding hydrogens is 270 g/mol. The summed E-state index contributed by atoms with van der Waals surface area (Å²) in [5, 5.41) is 0.952. The maximum atomic E-state index is 5.35. The zero-order valence-electron chi connectivity index (χ0n) is 9.37. The first-order chi connectivity index (χ1) is 7.67. The van der Waals surface area contributed by atoms with Crippen LogP contribution in [0.4, 0.5) is 0 Å². The van der Waals surface area contributed by atoms with Gasteiger partial charge >= 0.3 is 0 Å². The number of benzene rings is 1. The molecule has 0 bridgehead atoms. The molecular formula is C12H12BrNO2. The summed E-state index contributed by atoms with van der Waals surface area (Å²) in [4.78, 5) is 4.48. The molecule has 0 fully saturated rings. The Balaban J connectivity index is 2.88. The Hall–Kier alpha value is -1.29. The molecule has 1 aromatic carbocycles. The van der Waals surface area contributed by atoms with Crippen LogP contribution >= 0.6 is 15.9 Å². The van der Waals surface area contributed by atoms with Crippen LogP contribution < -0.4 is 9.47 Å². The second-order valence-corrected chi connectivity index (χ2v) is 4.30. The lowest BCUT2D eigenvalue weighted by atomic mass is 10.1. The smallest absolute Gasteiger partial charge is 0.159 e. The van der Waals surface area contributed by atoms with Crippen LogP contribution in [0.15, 0.2) is 22.7 Å². The van der Waals surface area contributed by atoms with Gasteiger partial charge in [0.1, 0.15) is 11.3 Å². The number of halogens is 1. The molecule has 0 spiro atoms. The zero-order chi connectivity index (χ0) is 11.7. The Bertz CT molecular complexity index is 540. The summed E-state index contributed by atoms with van der Waals surface area (Å²) in [5.74, 6) is 1.52. The molecule has 0 unspecified atom stereocenters. The maximum absolute atomic E-state index is 5.35. The summed E-state index contributed by atoms with van der Waals surface area (Å²) in [5.41, 5.74) is 1.76. The number of pyridine rings is 1. The Labute approximate surface area is 103 Å². The summed E-state index contributed by atoms with van der Waals surface area (Å²) in [6.45, 7) is 1.95. The molecule has 0 aliphatic heterocycles. The van der Waals surface area contributed by atoms with Gasteiger partial charge in [-0.3, -0.25) is 0 Å². The number of ether oxygens (including phenoxy) is 2. The molecule has 0 saturated heterocycles. The average Bonchev–Trinajstić information content (AvgIpc) is 2.27. The van der Waals surface area contributed by atoms with Gasteiger partial charge in [0.05, 0.1) is 18.7 Å². The van der Waals surface area contributed by atoms with Crippen molar-refractivity contribution in [3.8, 4) is 11.5 Å². The molecule has 0 radical (unpaired) electrons. The van der Waals surface area contributed by atoms with Crippen molar-refractivity contribution in [3.05, 3.63) is 28.4 Å². The predicted molar refractivity (Wildman–Crippen MR) is 67.3 cm³/mol. The van der Waals surface area contributed by atoms with Crippen molar-refractivity contribution in [1.29, 1.82) is 0 Å². The van der Waals surface area contributed by atoms with E-state index in [4.69, 9.17) is 9.47 Å². The molecule has 0 atom stereocenters. The number of aryl methyl sites for hydroxylation is 1. The number of rotatable bonds is 2. The van der Waals surface area contributed by atoms with E-state index in [0.29, 0.717) is 0 Å². The molecule has 4 heteroatoms. The van der Waals surface area contributed by atoms with Gasteiger partial charge < -0.3 is 9.47 Å². The molecule has 1 heterocycles. The molecule has 0 aliphatic carbocycles. The van der Waals surface area contributed by atoms with Gasteiger partial charge in [0.25, 0.3) is 0 Å². The molecule has 3 nitrogen and oxygen atoms in total. The van der Waals surface area contributed by atoms with Gasteiger partial charge in [-0.2, -0.15) is 0 Å². The second kappa shape index (κ2) is 4.29. The Kier molecular flexibility index (Phi) is 3.01. The standard InChI is InChI=1S/C12H12BrNO2/c1-7-4-5-8-10(15-2)6-9(13)12(16-3)11(8)14-7/h4-6H,1-3H3. The molecule has 1 aromatic heterocycles. The van der Waals surface area contributed by atoms with Crippen molar-refractivity contribution in [2.45, 2.75) is 6.92 Å². The van der Waals surface area contributed by atoms with Gasteiger partial charge in [-0.15, -0.1) is 0 Å². The highest BCUT2D eigenvalue weighted by Gasteiger charge is 2.12. The predicted octanol–water partition coefficient (Wildman–Crippen LogP) is 3.32. The van der Waals surface area contributed by atoms with Crippen LogP contribution in [0.2, 0.25) is 0 Å². The fraction of sp³-hybridized carbons (Fsp3) is 0.250. The SMILES string of the molecule is COc1cc(Br)c(OC)c2nc(C)ccc12. The monoisotopic (exact) mass is 281 g/mol. The number of aromatic nitrogens is 1. The van der Waals surface area contributed by atoms with E-state index in [2.05, 4.69) is 20.9 Å². The van der Waals surface area contributed by atoms with Crippen molar-refractivity contribution in [1.82, 2.24) is 4.98 Å². The van der Waals surface area contributed by atoms with Crippen LogP contribution in [0.25, 0.3) is 10.9 Å². The number of hydrogen-bond donors (Lipinski definition) is 0. The van der Waals surface area contributed by atoms with Crippen LogP contribution in [-0.4, -0.2) is 19.2 Å². The van der Waals surface area contributed by atoms with Crippen molar-refractivity contribution >= 4 is 26.8 Å². The zero-order valence-corrected chi connectivity index (χ0v) is 11.0. The van der Waals surface area contributed by atoms with E-state index in [0.717, 1.165) is 32.6 Å². The Morgan fingerprint density at radius 3 is 2.56 bits per heavy atom. The third kappa shape index (κ3) is 1.73. The van der Waals surface area contributed by atoms with Gasteiger partial charge in [0.15, 0.2) is 5.75 Å². The van der Waals surface area contributed by atoms with E-state index in [1.54, 1.807) is 14.2 Å². The number of hydrogen-bond acceptors (Lipinski definition) is 3. The lowest BCUT2D eigenvalue weighted by Gasteiger charge is -2.11. The quantitative estimate of drug-likeness (QED) is 0.846. The third-order valence-electron chi connectivity index (χ3n) is 2.41. The van der Waals surface area contributed by atoms with Crippen molar-refractivity contribution in [2.75, 3.05) is 14.2 Å². The van der Waals surface area contributed by atoms with Crippen LogP contribution in [0, 0.1) is 6.92 Å². The van der Waals surface area contributed by atoms with Crippen LogP contribution in [0.1, 0.15) is 5.69 Å². The fourth-order valence-electron chi connectivity index (χ4n) is 1.66. The molecule has 2 aromatic rings. The molecule has 0 saturated carbocycles. The van der Waals surface area contributed by atoms with E-state index < -0.39 is 0 Å². The van der Waals surface area contributed by atoms with Gasteiger partial charge in [0.2, 0.25) is 0 Å². The molecule has 0 aliphatic rings. The third-order valence-corrected chi connectivity index (χ3v) is 3.00. The minimum Gasteiger partial charge on any atom is -0.496 e. The lowest BCUT2D eigenvalue weighted by Crippen LogP contribution is -1.94. The Morgan fingerprint density at radius 1 is 1.19 bits per heavy atom. The highest BCUT2D eigenvalue weighted by Crippen LogP contribution is 2.38. The number of nitrogens with zero attached hydrogens (tertiary/aromatic N) is 1. The first kappa shape index (κ1) is 11.2. The largest absolute Gasteiger partial charge is 0.496 e. The fourth-order valence-corrected chi connectivity index (χ4v) is 2.22. The summed E-state index contributed by atoms with van der Waals surface area (Å²) in [6, 6.07) is 5.84. The van der Waals surface area contributed by atoms with E-state index in [9.17, 15) is 0 Å². The average molecular weight is 282 g/mol. The summed E-state index contributed by atoms with van der Waals surface area (Å²) in [7, 11) is 3.28. The highest BCUT2D eigenvalue weighted by molar-refractivity contribution is 9.10. The van der Waals surface area contributed by atoms with E-state index in [1.807, 2.05) is 25.1 Å². The molecule has 16 heavy (non-hydrogen) atoms. The van der Waals surface area contributed by atoms with Crippen LogP contribution in [0.3, 0.4) is 0 Å². The van der Waals surface area contributed by atoms with Crippen molar-refractivity contribution < 1.29 is 9.47 Å². The van der Waals surface area contributed by atoms with Crippen LogP contribution in [0.5, 0.6) is 11.5 Å². The van der Waals surface area contributed by atoms with Gasteiger partial charge in [-0.05, 0) is 41.1 Å². The van der Waals surface area contributed by atoms with Gasteiger partial charge in [-0.1, -0.05) is 0 Å². The van der Waals surface area contributed by atoms with Crippen molar-refractivity contribution in [2.24, 2.45) is 0 Å². The first-order valence-electron chi connectivity index (χ1n) is 4.85. The number of methoxy groups -OCH3 is 2. The van der Waals surface area contributed by atoms with E-state index >= 15 is 0 Å². The summed E-state index contributed by atoms with van der Waals surface area (Å²) < 4.78 is 11.5. The minimum atomic E-state index is 0.736. The lowest BCUT2D eigenvalue weighted by molar-refractivity contribution is 0.407. The van der Waals surface area contributed by atoms with Crippen LogP contribution in [-0.2, 0) is 0 Å². The molecule has 2 rings (SSSR count). The second-order valence-electron chi connectivity index (χ2n) is 3.44. The minimum absolute atomic E-state index is 0.736. The Morgan fingerprint density at radius 2 is 1.94 bits per heavy atom. The summed E-state index contributed by atoms with van der Waals surface area (Å²) in [6.07, 6.45) is 0. The summed E-state index contributed by atoms with van der Waals surface area (Å²) >= 11 is 3.45.